The lowest BCUT2D eigenvalue weighted by atomic mass is 10.2. The van der Waals surface area contributed by atoms with Crippen molar-refractivity contribution in [1.82, 2.24) is 25.1 Å². The summed E-state index contributed by atoms with van der Waals surface area (Å²) in [6.07, 6.45) is 9.33. The summed E-state index contributed by atoms with van der Waals surface area (Å²) in [5.74, 6) is 0.506. The third-order valence-corrected chi connectivity index (χ3v) is 5.06. The first kappa shape index (κ1) is 18.5. The van der Waals surface area contributed by atoms with Gasteiger partial charge in [0.05, 0.1) is 11.6 Å². The smallest absolute Gasteiger partial charge is 0.229 e. The van der Waals surface area contributed by atoms with Crippen molar-refractivity contribution < 1.29 is 4.21 Å². The van der Waals surface area contributed by atoms with Gasteiger partial charge in [-0.2, -0.15) is 10.1 Å². The minimum absolute atomic E-state index is 0.506. The molecule has 0 spiro atoms. The highest BCUT2D eigenvalue weighted by atomic mass is 32.2. The number of aromatic nitrogens is 4. The molecule has 1 aliphatic heterocycles. The second-order valence-electron chi connectivity index (χ2n) is 6.15. The first-order chi connectivity index (χ1) is 12.6. The van der Waals surface area contributed by atoms with Crippen LogP contribution in [0.5, 0.6) is 0 Å². The number of benzene rings is 1. The number of rotatable bonds is 3. The van der Waals surface area contributed by atoms with Gasteiger partial charge < -0.3 is 10.6 Å². The molecule has 3 heterocycles. The van der Waals surface area contributed by atoms with E-state index in [0.717, 1.165) is 21.6 Å². The van der Waals surface area contributed by atoms with Gasteiger partial charge >= 0.3 is 0 Å². The van der Waals surface area contributed by atoms with Crippen molar-refractivity contribution in [2.24, 2.45) is 7.05 Å². The molecule has 0 radical (unpaired) electrons. The van der Waals surface area contributed by atoms with E-state index in [1.165, 1.54) is 32.4 Å². The van der Waals surface area contributed by atoms with Gasteiger partial charge in [-0.3, -0.25) is 8.89 Å². The number of hydrogen-bond donors (Lipinski definition) is 2. The molecule has 26 heavy (non-hydrogen) atoms. The van der Waals surface area contributed by atoms with Crippen molar-refractivity contribution in [3.05, 3.63) is 36.7 Å². The summed E-state index contributed by atoms with van der Waals surface area (Å²) in [5, 5.41) is 11.4. The Hall–Kier alpha value is -2.32. The lowest BCUT2D eigenvalue weighted by Gasteiger charge is -2.08. The zero-order chi connectivity index (χ0) is 18.4. The normalized spacial score (nSPS) is 15.2. The number of piperidine rings is 1. The molecule has 0 saturated carbocycles. The molecule has 1 fully saturated rings. The predicted molar refractivity (Wildman–Crippen MR) is 105 cm³/mol. The van der Waals surface area contributed by atoms with Crippen LogP contribution in [-0.2, 0) is 17.8 Å². The summed E-state index contributed by atoms with van der Waals surface area (Å²) in [7, 11) is 0.867. The van der Waals surface area contributed by atoms with Crippen LogP contribution in [0, 0.1) is 0 Å². The zero-order valence-electron chi connectivity index (χ0n) is 15.1. The largest absolute Gasteiger partial charge is 0.324 e. The van der Waals surface area contributed by atoms with E-state index in [9.17, 15) is 4.21 Å². The van der Waals surface area contributed by atoms with Gasteiger partial charge in [-0.1, -0.05) is 6.42 Å². The molecule has 1 saturated heterocycles. The highest BCUT2D eigenvalue weighted by molar-refractivity contribution is 7.84. The number of aryl methyl sites for hydroxylation is 1. The Morgan fingerprint density at radius 3 is 2.42 bits per heavy atom. The Balaban J connectivity index is 0.000000278. The Morgan fingerprint density at radius 2 is 1.85 bits per heavy atom. The minimum atomic E-state index is -0.971. The topological polar surface area (TPSA) is 84.7 Å². The standard InChI is InChI=1S/C13H13N5OS.C5H11N/c1-18-12-9(8-15-18)7-14-13(17-12)16-10-3-5-11(6-4-10)20(2)19;1-2-4-6-5-3-1/h3-8H,1-2H3,(H,14,16,17);6H,1-5H2. The number of nitrogens with one attached hydrogen (secondary N) is 2. The molecule has 7 nitrogen and oxygen atoms in total. The van der Waals surface area contributed by atoms with Gasteiger partial charge in [0.25, 0.3) is 0 Å². The van der Waals surface area contributed by atoms with Gasteiger partial charge in [0.1, 0.15) is 0 Å². The van der Waals surface area contributed by atoms with Gasteiger partial charge in [0.15, 0.2) is 5.65 Å². The van der Waals surface area contributed by atoms with Crippen molar-refractivity contribution in [1.29, 1.82) is 0 Å². The van der Waals surface area contributed by atoms with Crippen LogP contribution in [0.1, 0.15) is 19.3 Å². The van der Waals surface area contributed by atoms with Crippen molar-refractivity contribution in [3.8, 4) is 0 Å². The third-order valence-electron chi connectivity index (χ3n) is 4.12. The Bertz CT molecular complexity index is 862. The molecule has 4 rings (SSSR count). The molecule has 2 N–H and O–H groups in total. The zero-order valence-corrected chi connectivity index (χ0v) is 15.9. The second kappa shape index (κ2) is 8.86. The van der Waals surface area contributed by atoms with Gasteiger partial charge in [0, 0.05) is 40.9 Å². The maximum absolute atomic E-state index is 11.3. The van der Waals surface area contributed by atoms with Crippen molar-refractivity contribution in [2.75, 3.05) is 24.7 Å². The van der Waals surface area contributed by atoms with Crippen molar-refractivity contribution in [2.45, 2.75) is 24.2 Å². The molecule has 3 aromatic rings. The summed E-state index contributed by atoms with van der Waals surface area (Å²) >= 11 is 0. The molecule has 138 valence electrons. The highest BCUT2D eigenvalue weighted by Crippen LogP contribution is 2.17. The third kappa shape index (κ3) is 4.86. The van der Waals surface area contributed by atoms with Gasteiger partial charge in [0.2, 0.25) is 5.95 Å². The fourth-order valence-corrected chi connectivity index (χ4v) is 3.18. The fourth-order valence-electron chi connectivity index (χ4n) is 2.66. The average molecular weight is 372 g/mol. The number of hydrogen-bond acceptors (Lipinski definition) is 6. The number of anilines is 2. The maximum Gasteiger partial charge on any atom is 0.229 e. The summed E-state index contributed by atoms with van der Waals surface area (Å²) in [6, 6.07) is 7.35. The molecule has 2 aromatic heterocycles. The maximum atomic E-state index is 11.3. The van der Waals surface area contributed by atoms with Crippen LogP contribution in [0.3, 0.4) is 0 Å². The molecular weight excluding hydrogens is 348 g/mol. The fraction of sp³-hybridized carbons (Fsp3) is 0.389. The van der Waals surface area contributed by atoms with E-state index in [-0.39, 0.29) is 0 Å². The van der Waals surface area contributed by atoms with Gasteiger partial charge in [-0.15, -0.1) is 0 Å². The van der Waals surface area contributed by atoms with E-state index in [4.69, 9.17) is 0 Å². The summed E-state index contributed by atoms with van der Waals surface area (Å²) in [6.45, 7) is 2.50. The van der Waals surface area contributed by atoms with Gasteiger partial charge in [-0.05, 0) is 50.2 Å². The average Bonchev–Trinajstić information content (AvgIpc) is 3.05. The van der Waals surface area contributed by atoms with Crippen LogP contribution in [0.2, 0.25) is 0 Å². The van der Waals surface area contributed by atoms with E-state index in [2.05, 4.69) is 25.7 Å². The summed E-state index contributed by atoms with van der Waals surface area (Å²) in [4.78, 5) is 9.43. The van der Waals surface area contributed by atoms with Crippen LogP contribution in [0.4, 0.5) is 11.6 Å². The Morgan fingerprint density at radius 1 is 1.12 bits per heavy atom. The van der Waals surface area contributed by atoms with Crippen LogP contribution in [-0.4, -0.2) is 43.3 Å². The molecule has 8 heteroatoms. The Kier molecular flexibility index (Phi) is 6.30. The van der Waals surface area contributed by atoms with Crippen LogP contribution in [0.25, 0.3) is 11.0 Å². The quantitative estimate of drug-likeness (QED) is 0.735. The lowest BCUT2D eigenvalue weighted by Crippen LogP contribution is -2.21. The lowest BCUT2D eigenvalue weighted by molar-refractivity contribution is 0.520. The van der Waals surface area contributed by atoms with Crippen LogP contribution < -0.4 is 10.6 Å². The molecular formula is C18H24N6OS. The van der Waals surface area contributed by atoms with Crippen molar-refractivity contribution in [3.63, 3.8) is 0 Å². The van der Waals surface area contributed by atoms with E-state index in [0.29, 0.717) is 5.95 Å². The van der Waals surface area contributed by atoms with Crippen LogP contribution >= 0.6 is 0 Å². The van der Waals surface area contributed by atoms with E-state index in [1.54, 1.807) is 23.3 Å². The molecule has 1 aromatic carbocycles. The minimum Gasteiger partial charge on any atom is -0.324 e. The van der Waals surface area contributed by atoms with Crippen molar-refractivity contribution >= 4 is 33.5 Å². The van der Waals surface area contributed by atoms with E-state index >= 15 is 0 Å². The second-order valence-corrected chi connectivity index (χ2v) is 7.53. The number of nitrogens with zero attached hydrogens (tertiary/aromatic N) is 4. The summed E-state index contributed by atoms with van der Waals surface area (Å²) in [5.41, 5.74) is 1.62. The molecule has 0 amide bonds. The molecule has 0 bridgehead atoms. The first-order valence-electron chi connectivity index (χ1n) is 8.69. The molecule has 1 atom stereocenters. The SMILES string of the molecule is C1CCNCC1.Cn1ncc2cnc(Nc3ccc(S(C)=O)cc3)nc21. The monoisotopic (exact) mass is 372 g/mol. The molecule has 1 aliphatic rings. The summed E-state index contributed by atoms with van der Waals surface area (Å²) < 4.78 is 13.0. The Labute approximate surface area is 155 Å². The highest BCUT2D eigenvalue weighted by Gasteiger charge is 2.05. The van der Waals surface area contributed by atoms with Gasteiger partial charge in [-0.25, -0.2) is 4.98 Å². The van der Waals surface area contributed by atoms with E-state index < -0.39 is 10.8 Å². The predicted octanol–water partition coefficient (Wildman–Crippen LogP) is 2.60. The van der Waals surface area contributed by atoms with E-state index in [1.807, 2.05) is 31.3 Å². The first-order valence-corrected chi connectivity index (χ1v) is 10.3. The molecule has 1 unspecified atom stereocenters. The number of fused-ring (bicyclic) bond motifs is 1. The van der Waals surface area contributed by atoms with Crippen LogP contribution in [0.15, 0.2) is 41.6 Å². The molecule has 0 aliphatic carbocycles.